The highest BCUT2D eigenvalue weighted by atomic mass is 32.2. The second-order valence-electron chi connectivity index (χ2n) is 8.95. The molecule has 35 heavy (non-hydrogen) atoms. The van der Waals surface area contributed by atoms with Gasteiger partial charge in [0.2, 0.25) is 0 Å². The molecule has 11 heteroatoms. The number of rotatable bonds is 5. The molecule has 1 aliphatic heterocycles. The first-order valence-electron chi connectivity index (χ1n) is 11.1. The maximum atomic E-state index is 14.8. The van der Waals surface area contributed by atoms with Crippen LogP contribution in [0.1, 0.15) is 32.2 Å². The van der Waals surface area contributed by atoms with Crippen molar-refractivity contribution < 1.29 is 26.7 Å². The van der Waals surface area contributed by atoms with Crippen molar-refractivity contribution in [3.63, 3.8) is 0 Å². The summed E-state index contributed by atoms with van der Waals surface area (Å²) in [6.07, 6.45) is 6.95. The molecule has 0 spiro atoms. The molecule has 1 amide bonds. The second kappa shape index (κ2) is 9.37. The fourth-order valence-electron chi connectivity index (χ4n) is 4.13. The van der Waals surface area contributed by atoms with Crippen LogP contribution in [0.3, 0.4) is 0 Å². The Kier molecular flexibility index (Phi) is 6.63. The van der Waals surface area contributed by atoms with Crippen molar-refractivity contribution in [2.24, 2.45) is 5.92 Å². The number of carbonyl (C=O) groups is 1. The van der Waals surface area contributed by atoms with Crippen LogP contribution < -0.4 is 0 Å². The molecule has 4 rings (SSSR count). The number of amides is 1. The largest absolute Gasteiger partial charge is 0.447 e. The van der Waals surface area contributed by atoms with E-state index in [4.69, 9.17) is 4.74 Å². The molecule has 2 aromatic heterocycles. The summed E-state index contributed by atoms with van der Waals surface area (Å²) in [5.74, 6) is -2.59. The Morgan fingerprint density at radius 3 is 2.57 bits per heavy atom. The summed E-state index contributed by atoms with van der Waals surface area (Å²) in [5, 5.41) is 0.274. The Labute approximate surface area is 202 Å². The minimum Gasteiger partial charge on any atom is -0.447 e. The summed E-state index contributed by atoms with van der Waals surface area (Å²) < 4.78 is 59.4. The van der Waals surface area contributed by atoms with Gasteiger partial charge in [-0.3, -0.25) is 9.97 Å². The lowest BCUT2D eigenvalue weighted by atomic mass is 9.94. The van der Waals surface area contributed by atoms with Crippen molar-refractivity contribution in [1.29, 1.82) is 0 Å². The molecule has 0 aliphatic carbocycles. The number of aromatic nitrogens is 3. The minimum atomic E-state index is -3.91. The number of hydrogen-bond acceptors (Lipinski definition) is 6. The van der Waals surface area contributed by atoms with Crippen LogP contribution >= 0.6 is 0 Å². The molecule has 0 saturated carbocycles. The smallest absolute Gasteiger partial charge is 0.410 e. The normalized spacial score (nSPS) is 16.6. The highest BCUT2D eigenvalue weighted by Crippen LogP contribution is 2.29. The molecular formula is C24H26F2N4O4S. The van der Waals surface area contributed by atoms with Gasteiger partial charge in [-0.05, 0) is 31.6 Å². The van der Waals surface area contributed by atoms with E-state index in [1.54, 1.807) is 37.3 Å². The Morgan fingerprint density at radius 2 is 1.97 bits per heavy atom. The number of halogens is 2. The van der Waals surface area contributed by atoms with Gasteiger partial charge in [0.15, 0.2) is 21.5 Å². The number of benzene rings is 1. The predicted molar refractivity (Wildman–Crippen MR) is 126 cm³/mol. The number of hydrogen-bond donors (Lipinski definition) is 0. The van der Waals surface area contributed by atoms with E-state index < -0.39 is 26.4 Å². The molecule has 8 nitrogen and oxygen atoms in total. The lowest BCUT2D eigenvalue weighted by Gasteiger charge is -2.30. The Bertz CT molecular complexity index is 1420. The lowest BCUT2D eigenvalue weighted by Crippen LogP contribution is -2.39. The Balaban J connectivity index is 1.54. The molecule has 1 aromatic carbocycles. The van der Waals surface area contributed by atoms with Crippen LogP contribution in [0.5, 0.6) is 0 Å². The Hall–Kier alpha value is -3.34. The SMILES string of the molecule is CC(C)OC(=O)N1CC=C(c2cnc(Cn3ccc4cc(S(C)(=O)=O)c(F)c(F)c43)cn2)C(C)C1. The predicted octanol–water partition coefficient (Wildman–Crippen LogP) is 4.04. The number of carbonyl (C=O) groups excluding carboxylic acids is 1. The molecule has 0 fully saturated rings. The molecule has 3 heterocycles. The van der Waals surface area contributed by atoms with Gasteiger partial charge in [-0.15, -0.1) is 0 Å². The second-order valence-corrected chi connectivity index (χ2v) is 10.9. The highest BCUT2D eigenvalue weighted by Gasteiger charge is 2.26. The van der Waals surface area contributed by atoms with Gasteiger partial charge < -0.3 is 14.2 Å². The van der Waals surface area contributed by atoms with E-state index in [1.165, 1.54) is 10.6 Å². The van der Waals surface area contributed by atoms with Crippen molar-refractivity contribution in [3.8, 4) is 0 Å². The fourth-order valence-corrected chi connectivity index (χ4v) is 4.89. The third kappa shape index (κ3) is 5.04. The van der Waals surface area contributed by atoms with Crippen molar-refractivity contribution in [1.82, 2.24) is 19.4 Å². The molecule has 3 aromatic rings. The van der Waals surface area contributed by atoms with Gasteiger partial charge in [0.1, 0.15) is 4.90 Å². The zero-order valence-electron chi connectivity index (χ0n) is 19.8. The third-order valence-electron chi connectivity index (χ3n) is 5.78. The monoisotopic (exact) mass is 504 g/mol. The average molecular weight is 505 g/mol. The molecule has 1 unspecified atom stereocenters. The summed E-state index contributed by atoms with van der Waals surface area (Å²) in [7, 11) is -3.91. The maximum absolute atomic E-state index is 14.8. The first-order chi connectivity index (χ1) is 16.5. The molecule has 0 bridgehead atoms. The van der Waals surface area contributed by atoms with Gasteiger partial charge >= 0.3 is 6.09 Å². The van der Waals surface area contributed by atoms with Crippen molar-refractivity contribution in [3.05, 3.63) is 59.8 Å². The van der Waals surface area contributed by atoms with Crippen LogP contribution in [0.2, 0.25) is 0 Å². The van der Waals surface area contributed by atoms with Crippen LogP contribution in [0.25, 0.3) is 16.5 Å². The third-order valence-corrected chi connectivity index (χ3v) is 6.88. The number of sulfone groups is 1. The van der Waals surface area contributed by atoms with Crippen LogP contribution in [0, 0.1) is 17.6 Å². The van der Waals surface area contributed by atoms with E-state index in [1.807, 2.05) is 13.0 Å². The quantitative estimate of drug-likeness (QED) is 0.521. The molecule has 1 atom stereocenters. The van der Waals surface area contributed by atoms with Gasteiger partial charge in [-0.25, -0.2) is 22.0 Å². The standard InChI is InChI=1S/C24H26F2N4O4S/c1-14(2)34-24(31)30-8-6-18(15(3)12-30)19-11-27-17(10-28-19)13-29-7-5-16-9-20(35(4,32)33)21(25)22(26)23(16)29/h5-7,9-11,14-15H,8,12-13H2,1-4H3. The van der Waals surface area contributed by atoms with Gasteiger partial charge in [-0.1, -0.05) is 13.0 Å². The zero-order chi connectivity index (χ0) is 25.5. The Morgan fingerprint density at radius 1 is 1.23 bits per heavy atom. The van der Waals surface area contributed by atoms with Crippen LogP contribution in [0.15, 0.2) is 41.7 Å². The molecular weight excluding hydrogens is 478 g/mol. The summed E-state index contributed by atoms with van der Waals surface area (Å²) in [4.78, 5) is 22.1. The number of nitrogens with zero attached hydrogens (tertiary/aromatic N) is 4. The lowest BCUT2D eigenvalue weighted by molar-refractivity contribution is 0.0769. The van der Waals surface area contributed by atoms with E-state index in [0.717, 1.165) is 17.9 Å². The average Bonchev–Trinajstić information content (AvgIpc) is 3.18. The molecule has 0 radical (unpaired) electrons. The van der Waals surface area contributed by atoms with Crippen molar-refractivity contribution in [2.75, 3.05) is 19.3 Å². The first kappa shape index (κ1) is 24.8. The van der Waals surface area contributed by atoms with Gasteiger partial charge in [-0.2, -0.15) is 0 Å². The zero-order valence-corrected chi connectivity index (χ0v) is 20.6. The van der Waals surface area contributed by atoms with E-state index in [0.29, 0.717) is 24.5 Å². The fraction of sp³-hybridized carbons (Fsp3) is 0.375. The first-order valence-corrected chi connectivity index (χ1v) is 13.0. The van der Waals surface area contributed by atoms with E-state index >= 15 is 0 Å². The van der Waals surface area contributed by atoms with Gasteiger partial charge in [0, 0.05) is 36.8 Å². The van der Waals surface area contributed by atoms with Gasteiger partial charge in [0.05, 0.1) is 41.9 Å². The number of ether oxygens (including phenoxy) is 1. The van der Waals surface area contributed by atoms with Crippen molar-refractivity contribution >= 4 is 32.4 Å². The van der Waals surface area contributed by atoms with Crippen molar-refractivity contribution in [2.45, 2.75) is 38.3 Å². The van der Waals surface area contributed by atoms with Crippen LogP contribution in [-0.4, -0.2) is 59.4 Å². The molecule has 1 aliphatic rings. The summed E-state index contributed by atoms with van der Waals surface area (Å²) >= 11 is 0. The highest BCUT2D eigenvalue weighted by molar-refractivity contribution is 7.90. The van der Waals surface area contributed by atoms with Crippen LogP contribution in [-0.2, 0) is 21.1 Å². The summed E-state index contributed by atoms with van der Waals surface area (Å²) in [6.45, 7) is 6.62. The van der Waals surface area contributed by atoms with E-state index in [-0.39, 0.29) is 35.6 Å². The minimum absolute atomic E-state index is 0.0260. The van der Waals surface area contributed by atoms with E-state index in [2.05, 4.69) is 9.97 Å². The van der Waals surface area contributed by atoms with Gasteiger partial charge in [0.25, 0.3) is 0 Å². The molecule has 186 valence electrons. The van der Waals surface area contributed by atoms with Crippen LogP contribution in [0.4, 0.5) is 13.6 Å². The topological polar surface area (TPSA) is 94.4 Å². The maximum Gasteiger partial charge on any atom is 0.410 e. The molecule has 0 N–H and O–H groups in total. The molecule has 0 saturated heterocycles. The summed E-state index contributed by atoms with van der Waals surface area (Å²) in [5.41, 5.74) is 2.11. The van der Waals surface area contributed by atoms with E-state index in [9.17, 15) is 22.0 Å². The number of fused-ring (bicyclic) bond motifs is 1. The summed E-state index contributed by atoms with van der Waals surface area (Å²) in [6, 6.07) is 2.66.